The first kappa shape index (κ1) is 7.09. The lowest BCUT2D eigenvalue weighted by Crippen LogP contribution is -2.10. The van der Waals surface area contributed by atoms with E-state index in [2.05, 4.69) is 10.3 Å². The molecule has 0 saturated carbocycles. The Labute approximate surface area is 69.6 Å². The summed E-state index contributed by atoms with van der Waals surface area (Å²) in [5.41, 5.74) is 0.701. The van der Waals surface area contributed by atoms with E-state index in [-0.39, 0.29) is 5.91 Å². The monoisotopic (exact) mass is 164 g/mol. The molecule has 4 heteroatoms. The molecule has 4 nitrogen and oxygen atoms in total. The van der Waals surface area contributed by atoms with Crippen molar-refractivity contribution in [2.24, 2.45) is 0 Å². The summed E-state index contributed by atoms with van der Waals surface area (Å²) in [6.07, 6.45) is 3.61. The van der Waals surface area contributed by atoms with E-state index in [1.165, 1.54) is 0 Å². The molecule has 0 unspecified atom stereocenters. The smallest absolute Gasteiger partial charge is 0.227 e. The number of hydrogen-bond acceptors (Lipinski definition) is 3. The van der Waals surface area contributed by atoms with Gasteiger partial charge in [0.2, 0.25) is 5.91 Å². The van der Waals surface area contributed by atoms with Gasteiger partial charge in [-0.15, -0.1) is 0 Å². The van der Waals surface area contributed by atoms with Gasteiger partial charge >= 0.3 is 0 Å². The molecular formula is C8H8N2O2. The fourth-order valence-corrected chi connectivity index (χ4v) is 1.06. The third-order valence-electron chi connectivity index (χ3n) is 1.65. The van der Waals surface area contributed by atoms with Gasteiger partial charge in [-0.05, 0) is 6.07 Å². The largest absolute Gasteiger partial charge is 0.489 e. The highest BCUT2D eigenvalue weighted by molar-refractivity contribution is 5.92. The average molecular weight is 164 g/mol. The van der Waals surface area contributed by atoms with Crippen LogP contribution in [0.1, 0.15) is 6.42 Å². The topological polar surface area (TPSA) is 51.2 Å². The summed E-state index contributed by atoms with van der Waals surface area (Å²) in [4.78, 5) is 14.9. The van der Waals surface area contributed by atoms with E-state index in [9.17, 15) is 4.79 Å². The maximum atomic E-state index is 11.0. The normalized spacial score (nSPS) is 15.5. The number of carbonyl (C=O) groups is 1. The van der Waals surface area contributed by atoms with Gasteiger partial charge in [0.15, 0.2) is 5.75 Å². The molecule has 0 aromatic carbocycles. The standard InChI is InChI=1S/C8H8N2O2/c11-8-2-4-12-7-5-9-3-1-6(7)10-8/h1,3,5H,2,4H2,(H,10,11). The zero-order valence-corrected chi connectivity index (χ0v) is 6.41. The zero-order chi connectivity index (χ0) is 8.39. The molecular weight excluding hydrogens is 156 g/mol. The minimum Gasteiger partial charge on any atom is -0.489 e. The number of anilines is 1. The summed E-state index contributed by atoms with van der Waals surface area (Å²) in [5, 5.41) is 2.72. The predicted molar refractivity (Wildman–Crippen MR) is 43.0 cm³/mol. The zero-order valence-electron chi connectivity index (χ0n) is 6.41. The van der Waals surface area contributed by atoms with Gasteiger partial charge in [0, 0.05) is 6.20 Å². The minimum atomic E-state index is -0.0139. The van der Waals surface area contributed by atoms with Crippen molar-refractivity contribution in [1.29, 1.82) is 0 Å². The van der Waals surface area contributed by atoms with Crippen LogP contribution in [0.4, 0.5) is 5.69 Å². The Kier molecular flexibility index (Phi) is 1.66. The van der Waals surface area contributed by atoms with E-state index in [4.69, 9.17) is 4.74 Å². The molecule has 1 aliphatic rings. The number of nitrogens with zero attached hydrogens (tertiary/aromatic N) is 1. The lowest BCUT2D eigenvalue weighted by molar-refractivity contribution is -0.116. The maximum Gasteiger partial charge on any atom is 0.227 e. The van der Waals surface area contributed by atoms with Crippen LogP contribution in [0, 0.1) is 0 Å². The summed E-state index contributed by atoms with van der Waals surface area (Å²) in [6, 6.07) is 1.72. The van der Waals surface area contributed by atoms with E-state index in [0.717, 1.165) is 0 Å². The molecule has 62 valence electrons. The molecule has 2 rings (SSSR count). The maximum absolute atomic E-state index is 11.0. The Morgan fingerprint density at radius 1 is 1.58 bits per heavy atom. The number of carbonyl (C=O) groups excluding carboxylic acids is 1. The highest BCUT2D eigenvalue weighted by atomic mass is 16.5. The van der Waals surface area contributed by atoms with Gasteiger partial charge in [-0.1, -0.05) is 0 Å². The molecule has 1 N–H and O–H groups in total. The van der Waals surface area contributed by atoms with Crippen LogP contribution in [0.3, 0.4) is 0 Å². The second kappa shape index (κ2) is 2.81. The number of pyridine rings is 1. The van der Waals surface area contributed by atoms with Crippen molar-refractivity contribution in [2.45, 2.75) is 6.42 Å². The molecule has 1 amide bonds. The highest BCUT2D eigenvalue weighted by Crippen LogP contribution is 2.24. The number of fused-ring (bicyclic) bond motifs is 1. The summed E-state index contributed by atoms with van der Waals surface area (Å²) in [6.45, 7) is 0.421. The van der Waals surface area contributed by atoms with Crippen LogP contribution in [-0.2, 0) is 4.79 Å². The van der Waals surface area contributed by atoms with Crippen molar-refractivity contribution in [3.63, 3.8) is 0 Å². The lowest BCUT2D eigenvalue weighted by Gasteiger charge is -2.03. The van der Waals surface area contributed by atoms with E-state index in [1.54, 1.807) is 18.5 Å². The van der Waals surface area contributed by atoms with Gasteiger partial charge in [-0.2, -0.15) is 0 Å². The number of rotatable bonds is 0. The van der Waals surface area contributed by atoms with E-state index >= 15 is 0 Å². The van der Waals surface area contributed by atoms with Crippen molar-refractivity contribution >= 4 is 11.6 Å². The molecule has 0 fully saturated rings. The van der Waals surface area contributed by atoms with E-state index in [1.807, 2.05) is 0 Å². The highest BCUT2D eigenvalue weighted by Gasteiger charge is 2.12. The van der Waals surface area contributed by atoms with Crippen LogP contribution in [0.5, 0.6) is 5.75 Å². The molecule has 0 aliphatic carbocycles. The van der Waals surface area contributed by atoms with Gasteiger partial charge < -0.3 is 10.1 Å². The molecule has 1 aromatic rings. The Morgan fingerprint density at radius 3 is 3.42 bits per heavy atom. The Bertz CT molecular complexity index is 312. The first-order valence-corrected chi connectivity index (χ1v) is 3.73. The van der Waals surface area contributed by atoms with Gasteiger partial charge in [0.25, 0.3) is 0 Å². The first-order chi connectivity index (χ1) is 5.86. The average Bonchev–Trinajstić information content (AvgIpc) is 2.25. The summed E-state index contributed by atoms with van der Waals surface area (Å²) >= 11 is 0. The van der Waals surface area contributed by atoms with Crippen LogP contribution < -0.4 is 10.1 Å². The molecule has 0 spiro atoms. The first-order valence-electron chi connectivity index (χ1n) is 3.73. The van der Waals surface area contributed by atoms with Crippen molar-refractivity contribution in [3.05, 3.63) is 18.5 Å². The Balaban J connectivity index is 2.37. The minimum absolute atomic E-state index is 0.0139. The molecule has 1 aliphatic heterocycles. The molecule has 0 saturated heterocycles. The fraction of sp³-hybridized carbons (Fsp3) is 0.250. The molecule has 2 heterocycles. The van der Waals surface area contributed by atoms with Crippen LogP contribution in [0.2, 0.25) is 0 Å². The SMILES string of the molecule is O=C1CCOc2cnccc2N1. The number of aromatic nitrogens is 1. The van der Waals surface area contributed by atoms with Crippen LogP contribution in [0.15, 0.2) is 18.5 Å². The van der Waals surface area contributed by atoms with Crippen LogP contribution in [-0.4, -0.2) is 17.5 Å². The molecule has 0 bridgehead atoms. The number of nitrogens with one attached hydrogen (secondary N) is 1. The molecule has 0 radical (unpaired) electrons. The quantitative estimate of drug-likeness (QED) is 0.617. The van der Waals surface area contributed by atoms with Crippen molar-refractivity contribution in [2.75, 3.05) is 11.9 Å². The molecule has 12 heavy (non-hydrogen) atoms. The van der Waals surface area contributed by atoms with Gasteiger partial charge in [0.1, 0.15) is 0 Å². The van der Waals surface area contributed by atoms with Crippen LogP contribution in [0.25, 0.3) is 0 Å². The van der Waals surface area contributed by atoms with E-state index in [0.29, 0.717) is 24.5 Å². The lowest BCUT2D eigenvalue weighted by atomic mass is 10.3. The van der Waals surface area contributed by atoms with Gasteiger partial charge in [-0.3, -0.25) is 9.78 Å². The van der Waals surface area contributed by atoms with Crippen molar-refractivity contribution < 1.29 is 9.53 Å². The van der Waals surface area contributed by atoms with E-state index < -0.39 is 0 Å². The second-order valence-corrected chi connectivity index (χ2v) is 2.52. The van der Waals surface area contributed by atoms with Crippen molar-refractivity contribution in [3.8, 4) is 5.75 Å². The predicted octanol–water partition coefficient (Wildman–Crippen LogP) is 0.803. The third kappa shape index (κ3) is 1.23. The number of ether oxygens (including phenoxy) is 1. The number of hydrogen-bond donors (Lipinski definition) is 1. The third-order valence-corrected chi connectivity index (χ3v) is 1.65. The van der Waals surface area contributed by atoms with Crippen LogP contribution >= 0.6 is 0 Å². The molecule has 1 aromatic heterocycles. The summed E-state index contributed by atoms with van der Waals surface area (Å²) in [7, 11) is 0. The molecule has 0 atom stereocenters. The van der Waals surface area contributed by atoms with Gasteiger partial charge in [0.05, 0.1) is 24.9 Å². The summed E-state index contributed by atoms with van der Waals surface area (Å²) < 4.78 is 5.27. The number of amides is 1. The Morgan fingerprint density at radius 2 is 2.50 bits per heavy atom. The van der Waals surface area contributed by atoms with Gasteiger partial charge in [-0.25, -0.2) is 0 Å². The summed E-state index contributed by atoms with van der Waals surface area (Å²) in [5.74, 6) is 0.628. The fourth-order valence-electron chi connectivity index (χ4n) is 1.06. The second-order valence-electron chi connectivity index (χ2n) is 2.52. The van der Waals surface area contributed by atoms with Crippen molar-refractivity contribution in [1.82, 2.24) is 4.98 Å². The Hall–Kier alpha value is -1.58.